The van der Waals surface area contributed by atoms with Crippen molar-refractivity contribution in [2.24, 2.45) is 0 Å². The Labute approximate surface area is 136 Å². The highest BCUT2D eigenvalue weighted by Gasteiger charge is 2.04. The molecule has 0 heterocycles. The molecule has 0 aromatic heterocycles. The van der Waals surface area contributed by atoms with Crippen LogP contribution >= 0.6 is 0 Å². The number of methoxy groups -OCH3 is 1. The molecule has 2 aromatic carbocycles. The van der Waals surface area contributed by atoms with E-state index in [2.05, 4.69) is 5.32 Å². The number of amides is 1. The number of nitrogens with one attached hydrogen (secondary N) is 1. The van der Waals surface area contributed by atoms with Gasteiger partial charge >= 0.3 is 0 Å². The van der Waals surface area contributed by atoms with Gasteiger partial charge < -0.3 is 20.5 Å². The van der Waals surface area contributed by atoms with Gasteiger partial charge in [-0.25, -0.2) is 0 Å². The number of anilines is 1. The van der Waals surface area contributed by atoms with Crippen molar-refractivity contribution in [3.05, 3.63) is 59.7 Å². The Morgan fingerprint density at radius 2 is 1.96 bits per heavy atom. The molecular formula is C18H22N2O3. The molecule has 5 heteroatoms. The van der Waals surface area contributed by atoms with Crippen LogP contribution < -0.4 is 15.8 Å². The van der Waals surface area contributed by atoms with Crippen LogP contribution in [0.1, 0.15) is 22.3 Å². The largest absolute Gasteiger partial charge is 0.497 e. The van der Waals surface area contributed by atoms with Crippen LogP contribution in [0.3, 0.4) is 0 Å². The summed E-state index contributed by atoms with van der Waals surface area (Å²) in [6, 6.07) is 14.7. The molecule has 23 heavy (non-hydrogen) atoms. The molecule has 0 fully saturated rings. The second-order valence-electron chi connectivity index (χ2n) is 5.14. The molecule has 0 bridgehead atoms. The molecule has 2 rings (SSSR count). The number of ether oxygens (including phenoxy) is 2. The first-order valence-electron chi connectivity index (χ1n) is 7.53. The van der Waals surface area contributed by atoms with Crippen LogP contribution in [0.25, 0.3) is 0 Å². The Balaban J connectivity index is 1.61. The molecule has 0 aliphatic carbocycles. The number of nitrogen functional groups attached to an aromatic ring is 1. The lowest BCUT2D eigenvalue weighted by Gasteiger charge is -2.07. The summed E-state index contributed by atoms with van der Waals surface area (Å²) < 4.78 is 10.7. The van der Waals surface area contributed by atoms with Crippen LogP contribution in [-0.2, 0) is 11.3 Å². The zero-order valence-electron chi connectivity index (χ0n) is 13.2. The number of hydrogen-bond donors (Lipinski definition) is 2. The third kappa shape index (κ3) is 5.64. The zero-order chi connectivity index (χ0) is 16.5. The van der Waals surface area contributed by atoms with E-state index in [9.17, 15) is 4.79 Å². The van der Waals surface area contributed by atoms with Crippen molar-refractivity contribution in [1.82, 2.24) is 5.32 Å². The van der Waals surface area contributed by atoms with Crippen molar-refractivity contribution in [2.45, 2.75) is 13.0 Å². The highest BCUT2D eigenvalue weighted by molar-refractivity contribution is 5.94. The van der Waals surface area contributed by atoms with Gasteiger partial charge in [-0.15, -0.1) is 0 Å². The lowest BCUT2D eigenvalue weighted by Crippen LogP contribution is -2.25. The van der Waals surface area contributed by atoms with Crippen molar-refractivity contribution in [3.8, 4) is 5.75 Å². The van der Waals surface area contributed by atoms with Crippen LogP contribution in [0.4, 0.5) is 5.69 Å². The van der Waals surface area contributed by atoms with Gasteiger partial charge in [0.2, 0.25) is 0 Å². The minimum absolute atomic E-state index is 0.118. The third-order valence-electron chi connectivity index (χ3n) is 3.33. The van der Waals surface area contributed by atoms with E-state index in [4.69, 9.17) is 15.2 Å². The summed E-state index contributed by atoms with van der Waals surface area (Å²) in [5.41, 5.74) is 7.91. The van der Waals surface area contributed by atoms with E-state index in [1.165, 1.54) is 0 Å². The van der Waals surface area contributed by atoms with E-state index in [0.717, 1.165) is 17.7 Å². The molecule has 0 saturated carbocycles. The fourth-order valence-corrected chi connectivity index (χ4v) is 2.07. The number of benzene rings is 2. The standard InChI is InChI=1S/C18H22N2O3/c1-22-17-8-6-14(7-9-17)13-23-11-3-10-20-18(21)15-4-2-5-16(19)12-15/h2,4-9,12H,3,10-11,13,19H2,1H3,(H,20,21). The summed E-state index contributed by atoms with van der Waals surface area (Å²) in [5.74, 6) is 0.713. The number of carbonyl (C=O) groups excluding carboxylic acids is 1. The minimum Gasteiger partial charge on any atom is -0.497 e. The maximum absolute atomic E-state index is 11.9. The molecule has 122 valence electrons. The Morgan fingerprint density at radius 3 is 2.65 bits per heavy atom. The van der Waals surface area contributed by atoms with E-state index in [0.29, 0.717) is 31.0 Å². The Hall–Kier alpha value is -2.53. The number of hydrogen-bond acceptors (Lipinski definition) is 4. The first-order chi connectivity index (χ1) is 11.2. The van der Waals surface area contributed by atoms with Gasteiger partial charge in [0.05, 0.1) is 13.7 Å². The number of carbonyl (C=O) groups is 1. The molecule has 0 atom stereocenters. The first kappa shape index (κ1) is 16.8. The molecule has 0 saturated heterocycles. The van der Waals surface area contributed by atoms with Gasteiger partial charge in [0.15, 0.2) is 0 Å². The van der Waals surface area contributed by atoms with Gasteiger partial charge in [0.1, 0.15) is 5.75 Å². The second kappa shape index (κ2) is 8.80. The van der Waals surface area contributed by atoms with Crippen molar-refractivity contribution in [1.29, 1.82) is 0 Å². The molecule has 0 aliphatic heterocycles. The van der Waals surface area contributed by atoms with Crippen molar-refractivity contribution < 1.29 is 14.3 Å². The van der Waals surface area contributed by atoms with Gasteiger partial charge in [-0.2, -0.15) is 0 Å². The summed E-state index contributed by atoms with van der Waals surface area (Å²) in [7, 11) is 1.64. The highest BCUT2D eigenvalue weighted by atomic mass is 16.5. The van der Waals surface area contributed by atoms with E-state index in [1.807, 2.05) is 24.3 Å². The minimum atomic E-state index is -0.118. The molecule has 5 nitrogen and oxygen atoms in total. The fourth-order valence-electron chi connectivity index (χ4n) is 2.07. The van der Waals surface area contributed by atoms with Crippen LogP contribution in [-0.4, -0.2) is 26.2 Å². The SMILES string of the molecule is COc1ccc(COCCCNC(=O)c2cccc(N)c2)cc1. The van der Waals surface area contributed by atoms with Crippen LogP contribution in [0.5, 0.6) is 5.75 Å². The molecule has 2 aromatic rings. The molecule has 1 amide bonds. The quantitative estimate of drug-likeness (QED) is 0.580. The van der Waals surface area contributed by atoms with E-state index in [1.54, 1.807) is 31.4 Å². The zero-order valence-corrected chi connectivity index (χ0v) is 13.2. The van der Waals surface area contributed by atoms with Crippen LogP contribution in [0.2, 0.25) is 0 Å². The van der Waals surface area contributed by atoms with Gasteiger partial charge in [-0.3, -0.25) is 4.79 Å². The molecular weight excluding hydrogens is 292 g/mol. The third-order valence-corrected chi connectivity index (χ3v) is 3.33. The summed E-state index contributed by atoms with van der Waals surface area (Å²) in [6.07, 6.45) is 0.754. The second-order valence-corrected chi connectivity index (χ2v) is 5.14. The lowest BCUT2D eigenvalue weighted by molar-refractivity contribution is 0.0934. The fraction of sp³-hybridized carbons (Fsp3) is 0.278. The van der Waals surface area contributed by atoms with Crippen LogP contribution in [0, 0.1) is 0 Å². The van der Waals surface area contributed by atoms with Crippen molar-refractivity contribution >= 4 is 11.6 Å². The smallest absolute Gasteiger partial charge is 0.251 e. The predicted octanol–water partition coefficient (Wildman–Crippen LogP) is 2.61. The van der Waals surface area contributed by atoms with E-state index < -0.39 is 0 Å². The van der Waals surface area contributed by atoms with E-state index in [-0.39, 0.29) is 5.91 Å². The Bertz CT molecular complexity index is 626. The van der Waals surface area contributed by atoms with E-state index >= 15 is 0 Å². The monoisotopic (exact) mass is 314 g/mol. The normalized spacial score (nSPS) is 10.3. The molecule has 0 spiro atoms. The Morgan fingerprint density at radius 1 is 1.17 bits per heavy atom. The van der Waals surface area contributed by atoms with Gasteiger partial charge in [-0.05, 0) is 42.3 Å². The predicted molar refractivity (Wildman–Crippen MR) is 90.5 cm³/mol. The average Bonchev–Trinajstić information content (AvgIpc) is 2.58. The topological polar surface area (TPSA) is 73.6 Å². The average molecular weight is 314 g/mol. The summed E-state index contributed by atoms with van der Waals surface area (Å²) in [6.45, 7) is 1.70. The lowest BCUT2D eigenvalue weighted by atomic mass is 10.2. The van der Waals surface area contributed by atoms with Crippen molar-refractivity contribution in [3.63, 3.8) is 0 Å². The van der Waals surface area contributed by atoms with Crippen LogP contribution in [0.15, 0.2) is 48.5 Å². The van der Waals surface area contributed by atoms with Gasteiger partial charge in [0.25, 0.3) is 5.91 Å². The molecule has 0 unspecified atom stereocenters. The summed E-state index contributed by atoms with van der Waals surface area (Å²) >= 11 is 0. The summed E-state index contributed by atoms with van der Waals surface area (Å²) in [5, 5.41) is 2.85. The highest BCUT2D eigenvalue weighted by Crippen LogP contribution is 2.12. The molecule has 0 radical (unpaired) electrons. The Kier molecular flexibility index (Phi) is 6.44. The molecule has 3 N–H and O–H groups in total. The van der Waals surface area contributed by atoms with Gasteiger partial charge in [-0.1, -0.05) is 18.2 Å². The maximum Gasteiger partial charge on any atom is 0.251 e. The summed E-state index contributed by atoms with van der Waals surface area (Å²) in [4.78, 5) is 11.9. The van der Waals surface area contributed by atoms with Gasteiger partial charge in [0, 0.05) is 24.4 Å². The van der Waals surface area contributed by atoms with Crippen molar-refractivity contribution in [2.75, 3.05) is 26.0 Å². The first-order valence-corrected chi connectivity index (χ1v) is 7.53. The molecule has 0 aliphatic rings. The maximum atomic E-state index is 11.9. The number of rotatable bonds is 8. The number of nitrogens with two attached hydrogens (primary N) is 1.